The maximum atomic E-state index is 6.23. The standard InChI is InChI=1S/C12H15Br2N/c1-7-6-9(13)8-4-2-3-5-10(15)11(8)12(7)14/h6,10H,2-5,15H2,1H3/t10-/m1/s1. The van der Waals surface area contributed by atoms with E-state index in [0.717, 1.165) is 12.8 Å². The number of fused-ring (bicyclic) bond motifs is 1. The van der Waals surface area contributed by atoms with E-state index < -0.39 is 0 Å². The molecule has 1 nitrogen and oxygen atoms in total. The molecule has 0 saturated carbocycles. The van der Waals surface area contributed by atoms with E-state index in [1.54, 1.807) is 0 Å². The average molecular weight is 333 g/mol. The maximum absolute atomic E-state index is 6.23. The first-order valence-corrected chi connectivity index (χ1v) is 6.93. The molecule has 0 spiro atoms. The third kappa shape index (κ3) is 2.15. The van der Waals surface area contributed by atoms with E-state index in [2.05, 4.69) is 44.8 Å². The van der Waals surface area contributed by atoms with E-state index in [1.165, 1.54) is 38.5 Å². The van der Waals surface area contributed by atoms with Gasteiger partial charge in [0, 0.05) is 15.0 Å². The Bertz CT molecular complexity index is 388. The summed E-state index contributed by atoms with van der Waals surface area (Å²) in [7, 11) is 0. The summed E-state index contributed by atoms with van der Waals surface area (Å²) in [6, 6.07) is 2.37. The van der Waals surface area contributed by atoms with Crippen LogP contribution in [0.4, 0.5) is 0 Å². The van der Waals surface area contributed by atoms with Gasteiger partial charge >= 0.3 is 0 Å². The number of halogens is 2. The number of benzene rings is 1. The minimum Gasteiger partial charge on any atom is -0.324 e. The Kier molecular flexibility index (Phi) is 3.53. The molecule has 1 aliphatic carbocycles. The minimum atomic E-state index is 0.188. The van der Waals surface area contributed by atoms with Crippen molar-refractivity contribution in [3.8, 4) is 0 Å². The smallest absolute Gasteiger partial charge is 0.0309 e. The highest BCUT2D eigenvalue weighted by Crippen LogP contribution is 2.38. The van der Waals surface area contributed by atoms with Crippen molar-refractivity contribution in [3.63, 3.8) is 0 Å². The molecule has 0 heterocycles. The highest BCUT2D eigenvalue weighted by molar-refractivity contribution is 9.11. The Balaban J connectivity index is 2.63. The lowest BCUT2D eigenvalue weighted by atomic mass is 9.97. The summed E-state index contributed by atoms with van der Waals surface area (Å²) in [5.74, 6) is 0. The molecule has 3 heteroatoms. The van der Waals surface area contributed by atoms with E-state index in [4.69, 9.17) is 5.73 Å². The lowest BCUT2D eigenvalue weighted by Crippen LogP contribution is -2.12. The van der Waals surface area contributed by atoms with Crippen LogP contribution in [0.25, 0.3) is 0 Å². The Morgan fingerprint density at radius 2 is 2.07 bits per heavy atom. The van der Waals surface area contributed by atoms with Crippen LogP contribution < -0.4 is 5.73 Å². The van der Waals surface area contributed by atoms with Crippen molar-refractivity contribution >= 4 is 31.9 Å². The fourth-order valence-corrected chi connectivity index (χ4v) is 3.67. The third-order valence-electron chi connectivity index (χ3n) is 3.10. The van der Waals surface area contributed by atoms with Crippen LogP contribution in [0.2, 0.25) is 0 Å². The molecule has 0 bridgehead atoms. The van der Waals surface area contributed by atoms with Crippen LogP contribution in [0.15, 0.2) is 15.0 Å². The highest BCUT2D eigenvalue weighted by atomic mass is 79.9. The molecule has 82 valence electrons. The molecule has 0 saturated heterocycles. The zero-order chi connectivity index (χ0) is 11.0. The zero-order valence-corrected chi connectivity index (χ0v) is 12.0. The summed E-state index contributed by atoms with van der Waals surface area (Å²) >= 11 is 7.33. The molecule has 1 aromatic carbocycles. The first kappa shape index (κ1) is 11.6. The first-order chi connectivity index (χ1) is 7.11. The van der Waals surface area contributed by atoms with Crippen molar-refractivity contribution in [1.29, 1.82) is 0 Å². The number of hydrogen-bond acceptors (Lipinski definition) is 1. The molecule has 1 aliphatic rings. The molecule has 0 aliphatic heterocycles. The fourth-order valence-electron chi connectivity index (χ4n) is 2.27. The second kappa shape index (κ2) is 4.56. The van der Waals surface area contributed by atoms with Gasteiger partial charge in [-0.05, 0) is 48.9 Å². The van der Waals surface area contributed by atoms with Gasteiger partial charge in [0.15, 0.2) is 0 Å². The second-order valence-corrected chi connectivity index (χ2v) is 5.88. The predicted octanol–water partition coefficient (Wildman–Crippen LogP) is 4.25. The van der Waals surface area contributed by atoms with E-state index in [9.17, 15) is 0 Å². The van der Waals surface area contributed by atoms with Crippen molar-refractivity contribution in [2.24, 2.45) is 5.73 Å². The van der Waals surface area contributed by atoms with Gasteiger partial charge in [-0.15, -0.1) is 0 Å². The van der Waals surface area contributed by atoms with Gasteiger partial charge in [0.1, 0.15) is 0 Å². The summed E-state index contributed by atoms with van der Waals surface area (Å²) < 4.78 is 2.42. The fraction of sp³-hybridized carbons (Fsp3) is 0.500. The van der Waals surface area contributed by atoms with Crippen LogP contribution in [-0.2, 0) is 6.42 Å². The van der Waals surface area contributed by atoms with Crippen molar-refractivity contribution in [2.45, 2.75) is 38.6 Å². The van der Waals surface area contributed by atoms with Gasteiger partial charge in [-0.25, -0.2) is 0 Å². The normalized spacial score (nSPS) is 20.9. The molecular formula is C12H15Br2N. The Morgan fingerprint density at radius 1 is 1.33 bits per heavy atom. The molecule has 0 aromatic heterocycles. The van der Waals surface area contributed by atoms with Crippen molar-refractivity contribution in [1.82, 2.24) is 0 Å². The van der Waals surface area contributed by atoms with E-state index in [-0.39, 0.29) is 6.04 Å². The van der Waals surface area contributed by atoms with Crippen LogP contribution >= 0.6 is 31.9 Å². The average Bonchev–Trinajstić information content (AvgIpc) is 2.37. The van der Waals surface area contributed by atoms with Crippen LogP contribution in [0, 0.1) is 6.92 Å². The third-order valence-corrected chi connectivity index (χ3v) is 4.86. The minimum absolute atomic E-state index is 0.188. The monoisotopic (exact) mass is 331 g/mol. The van der Waals surface area contributed by atoms with Crippen LogP contribution in [0.3, 0.4) is 0 Å². The molecule has 2 rings (SSSR count). The van der Waals surface area contributed by atoms with E-state index in [0.29, 0.717) is 0 Å². The summed E-state index contributed by atoms with van der Waals surface area (Å²) in [6.45, 7) is 2.12. The topological polar surface area (TPSA) is 26.0 Å². The molecule has 1 aromatic rings. The van der Waals surface area contributed by atoms with Crippen molar-refractivity contribution in [2.75, 3.05) is 0 Å². The number of nitrogens with two attached hydrogens (primary N) is 1. The van der Waals surface area contributed by atoms with Gasteiger partial charge in [0.05, 0.1) is 0 Å². The number of rotatable bonds is 0. The van der Waals surface area contributed by atoms with Gasteiger partial charge in [-0.1, -0.05) is 38.3 Å². The summed E-state index contributed by atoms with van der Waals surface area (Å²) in [6.07, 6.45) is 4.71. The van der Waals surface area contributed by atoms with Crippen LogP contribution in [0.5, 0.6) is 0 Å². The lowest BCUT2D eigenvalue weighted by Gasteiger charge is -2.18. The zero-order valence-electron chi connectivity index (χ0n) is 8.82. The SMILES string of the molecule is Cc1cc(Br)c2c(c1Br)[C@H](N)CCCC2. The molecule has 2 N–H and O–H groups in total. The first-order valence-electron chi connectivity index (χ1n) is 5.34. The lowest BCUT2D eigenvalue weighted by molar-refractivity contribution is 0.613. The molecule has 15 heavy (non-hydrogen) atoms. The summed E-state index contributed by atoms with van der Waals surface area (Å²) in [5.41, 5.74) is 10.2. The molecule has 0 radical (unpaired) electrons. The maximum Gasteiger partial charge on any atom is 0.0309 e. The second-order valence-electron chi connectivity index (χ2n) is 4.23. The Hall–Kier alpha value is 0.140. The molecule has 1 atom stereocenters. The van der Waals surface area contributed by atoms with Crippen molar-refractivity contribution in [3.05, 3.63) is 31.7 Å². The van der Waals surface area contributed by atoms with Gasteiger partial charge in [0.25, 0.3) is 0 Å². The molecular weight excluding hydrogens is 318 g/mol. The van der Waals surface area contributed by atoms with Crippen LogP contribution in [0.1, 0.15) is 42.0 Å². The van der Waals surface area contributed by atoms with Crippen LogP contribution in [-0.4, -0.2) is 0 Å². The summed E-state index contributed by atoms with van der Waals surface area (Å²) in [4.78, 5) is 0. The van der Waals surface area contributed by atoms with Gasteiger partial charge < -0.3 is 5.73 Å². The predicted molar refractivity (Wildman–Crippen MR) is 71.1 cm³/mol. The largest absolute Gasteiger partial charge is 0.324 e. The molecule has 0 fully saturated rings. The van der Waals surface area contributed by atoms with Gasteiger partial charge in [0.2, 0.25) is 0 Å². The van der Waals surface area contributed by atoms with Crippen molar-refractivity contribution < 1.29 is 0 Å². The Morgan fingerprint density at radius 3 is 2.80 bits per heavy atom. The Labute approximate surface area is 108 Å². The number of hydrogen-bond donors (Lipinski definition) is 1. The summed E-state index contributed by atoms with van der Waals surface area (Å²) in [5, 5.41) is 0. The van der Waals surface area contributed by atoms with Gasteiger partial charge in [-0.3, -0.25) is 0 Å². The molecule has 0 unspecified atom stereocenters. The highest BCUT2D eigenvalue weighted by Gasteiger charge is 2.21. The number of aryl methyl sites for hydroxylation is 1. The van der Waals surface area contributed by atoms with Gasteiger partial charge in [-0.2, -0.15) is 0 Å². The molecule has 0 amide bonds. The van der Waals surface area contributed by atoms with E-state index >= 15 is 0 Å². The quantitative estimate of drug-likeness (QED) is 0.706. The van der Waals surface area contributed by atoms with E-state index in [1.807, 2.05) is 0 Å².